The summed E-state index contributed by atoms with van der Waals surface area (Å²) in [6, 6.07) is 3.31. The van der Waals surface area contributed by atoms with E-state index in [2.05, 4.69) is 10.3 Å². The number of nitrogens with zero attached hydrogens (tertiary/aromatic N) is 2. The number of aliphatic carboxylic acids is 1. The second-order valence-electron chi connectivity index (χ2n) is 5.83. The molecule has 0 aliphatic carbocycles. The van der Waals surface area contributed by atoms with Crippen LogP contribution >= 0.6 is 0 Å². The molecule has 7 heteroatoms. The summed E-state index contributed by atoms with van der Waals surface area (Å²) in [5.41, 5.74) is -0.144. The van der Waals surface area contributed by atoms with Crippen LogP contribution in [-0.4, -0.2) is 51.4 Å². The Morgan fingerprint density at radius 1 is 1.27 bits per heavy atom. The molecule has 3 heterocycles. The Kier molecular flexibility index (Phi) is 3.56. The molecule has 1 spiro atoms. The second-order valence-corrected chi connectivity index (χ2v) is 5.83. The summed E-state index contributed by atoms with van der Waals surface area (Å²) in [7, 11) is 0. The number of hydrogen-bond acceptors (Lipinski definition) is 4. The van der Waals surface area contributed by atoms with Crippen molar-refractivity contribution in [1.82, 2.24) is 15.2 Å². The summed E-state index contributed by atoms with van der Waals surface area (Å²) < 4.78 is 0. The van der Waals surface area contributed by atoms with Crippen LogP contribution < -0.4 is 5.32 Å². The van der Waals surface area contributed by atoms with Crippen LogP contribution in [0.4, 0.5) is 0 Å². The van der Waals surface area contributed by atoms with Crippen molar-refractivity contribution in [2.75, 3.05) is 13.1 Å². The van der Waals surface area contributed by atoms with Gasteiger partial charge in [0, 0.05) is 37.5 Å². The first-order valence-corrected chi connectivity index (χ1v) is 7.25. The Hall–Kier alpha value is -2.44. The van der Waals surface area contributed by atoms with E-state index in [0.717, 1.165) is 0 Å². The van der Waals surface area contributed by atoms with Gasteiger partial charge in [-0.1, -0.05) is 0 Å². The minimum Gasteiger partial charge on any atom is -0.481 e. The van der Waals surface area contributed by atoms with Gasteiger partial charge < -0.3 is 15.3 Å². The first kappa shape index (κ1) is 14.5. The van der Waals surface area contributed by atoms with Gasteiger partial charge in [0.15, 0.2) is 0 Å². The zero-order valence-corrected chi connectivity index (χ0v) is 12.0. The molecule has 1 atom stereocenters. The van der Waals surface area contributed by atoms with E-state index in [9.17, 15) is 19.5 Å². The summed E-state index contributed by atoms with van der Waals surface area (Å²) in [4.78, 5) is 40.9. The van der Waals surface area contributed by atoms with Gasteiger partial charge in [0.25, 0.3) is 5.91 Å². The first-order chi connectivity index (χ1) is 10.5. The summed E-state index contributed by atoms with van der Waals surface area (Å²) in [6.45, 7) is 0.871. The lowest BCUT2D eigenvalue weighted by Crippen LogP contribution is -2.56. The van der Waals surface area contributed by atoms with Gasteiger partial charge >= 0.3 is 5.97 Å². The Balaban J connectivity index is 1.71. The lowest BCUT2D eigenvalue weighted by molar-refractivity contribution is -0.144. The summed E-state index contributed by atoms with van der Waals surface area (Å²) in [6.07, 6.45) is 4.08. The Morgan fingerprint density at radius 3 is 2.50 bits per heavy atom. The van der Waals surface area contributed by atoms with Crippen LogP contribution in [0.25, 0.3) is 0 Å². The average molecular weight is 303 g/mol. The lowest BCUT2D eigenvalue weighted by Gasteiger charge is -2.41. The molecule has 0 aromatic carbocycles. The molecule has 116 valence electrons. The van der Waals surface area contributed by atoms with Crippen LogP contribution in [0.1, 0.15) is 29.6 Å². The van der Waals surface area contributed by atoms with E-state index in [0.29, 0.717) is 31.5 Å². The molecule has 2 fully saturated rings. The molecular weight excluding hydrogens is 286 g/mol. The third-order valence-electron chi connectivity index (χ3n) is 4.61. The van der Waals surface area contributed by atoms with E-state index < -0.39 is 17.4 Å². The maximum Gasteiger partial charge on any atom is 0.309 e. The minimum absolute atomic E-state index is 0.0215. The predicted molar refractivity (Wildman–Crippen MR) is 76.0 cm³/mol. The number of carboxylic acids is 1. The van der Waals surface area contributed by atoms with Crippen molar-refractivity contribution in [3.8, 4) is 0 Å². The minimum atomic E-state index is -0.952. The fourth-order valence-electron chi connectivity index (χ4n) is 3.38. The third-order valence-corrected chi connectivity index (χ3v) is 4.61. The number of carboxylic acid groups (broad SMARTS) is 1. The highest BCUT2D eigenvalue weighted by atomic mass is 16.4. The molecule has 1 unspecified atom stereocenters. The van der Waals surface area contributed by atoms with E-state index in [1.165, 1.54) is 0 Å². The number of carbonyl (C=O) groups excluding carboxylic acids is 2. The molecule has 3 rings (SSSR count). The smallest absolute Gasteiger partial charge is 0.309 e. The van der Waals surface area contributed by atoms with Crippen molar-refractivity contribution in [2.45, 2.75) is 24.8 Å². The van der Waals surface area contributed by atoms with Crippen molar-refractivity contribution >= 4 is 17.8 Å². The number of amides is 2. The molecule has 2 N–H and O–H groups in total. The van der Waals surface area contributed by atoms with Gasteiger partial charge in [-0.2, -0.15) is 0 Å². The van der Waals surface area contributed by atoms with Gasteiger partial charge in [-0.25, -0.2) is 0 Å². The molecule has 1 aromatic heterocycles. The zero-order valence-electron chi connectivity index (χ0n) is 12.0. The molecule has 7 nitrogen and oxygen atoms in total. The molecule has 0 radical (unpaired) electrons. The van der Waals surface area contributed by atoms with Gasteiger partial charge in [0.2, 0.25) is 5.91 Å². The summed E-state index contributed by atoms with van der Waals surface area (Å²) >= 11 is 0. The van der Waals surface area contributed by atoms with Gasteiger partial charge in [-0.05, 0) is 25.0 Å². The van der Waals surface area contributed by atoms with Gasteiger partial charge in [-0.3, -0.25) is 19.4 Å². The molecule has 0 bridgehead atoms. The fraction of sp³-hybridized carbons (Fsp3) is 0.467. The summed E-state index contributed by atoms with van der Waals surface area (Å²) in [5.74, 6) is -1.97. The third kappa shape index (κ3) is 2.43. The number of carbonyl (C=O) groups is 3. The monoisotopic (exact) mass is 303 g/mol. The van der Waals surface area contributed by atoms with Gasteiger partial charge in [0.05, 0.1) is 11.5 Å². The topological polar surface area (TPSA) is 99.6 Å². The van der Waals surface area contributed by atoms with Crippen LogP contribution in [0.3, 0.4) is 0 Å². The quantitative estimate of drug-likeness (QED) is 0.817. The average Bonchev–Trinajstić information content (AvgIpc) is 2.85. The van der Waals surface area contributed by atoms with E-state index in [1.807, 2.05) is 0 Å². The van der Waals surface area contributed by atoms with Crippen LogP contribution in [0.15, 0.2) is 24.5 Å². The molecule has 2 saturated heterocycles. The van der Waals surface area contributed by atoms with Crippen molar-refractivity contribution in [3.05, 3.63) is 30.1 Å². The number of pyridine rings is 1. The highest BCUT2D eigenvalue weighted by Gasteiger charge is 2.51. The van der Waals surface area contributed by atoms with Crippen LogP contribution in [0, 0.1) is 5.92 Å². The van der Waals surface area contributed by atoms with Crippen molar-refractivity contribution in [1.29, 1.82) is 0 Å². The Labute approximate surface area is 127 Å². The second kappa shape index (κ2) is 5.40. The van der Waals surface area contributed by atoms with Crippen molar-refractivity contribution < 1.29 is 19.5 Å². The van der Waals surface area contributed by atoms with Crippen LogP contribution in [0.5, 0.6) is 0 Å². The molecule has 2 aliphatic rings. The SMILES string of the molecule is O=C1CC(C(=O)O)C2(CCN(C(=O)c3ccncc3)CC2)N1. The number of aromatic nitrogens is 1. The lowest BCUT2D eigenvalue weighted by atomic mass is 9.77. The number of nitrogens with one attached hydrogen (secondary N) is 1. The van der Waals surface area contributed by atoms with Crippen LogP contribution in [0.2, 0.25) is 0 Å². The molecule has 22 heavy (non-hydrogen) atoms. The van der Waals surface area contributed by atoms with E-state index in [1.54, 1.807) is 29.4 Å². The number of piperidine rings is 1. The maximum atomic E-state index is 12.4. The fourth-order valence-corrected chi connectivity index (χ4v) is 3.38. The number of hydrogen-bond donors (Lipinski definition) is 2. The largest absolute Gasteiger partial charge is 0.481 e. The zero-order chi connectivity index (χ0) is 15.7. The summed E-state index contributed by atoms with van der Waals surface area (Å²) in [5, 5.41) is 12.2. The standard InChI is InChI=1S/C15H17N3O4/c19-12-9-11(14(21)22)15(17-12)3-7-18(8-4-15)13(20)10-1-5-16-6-2-10/h1-2,5-6,11H,3-4,7-9H2,(H,17,19)(H,21,22). The Bertz CT molecular complexity index is 608. The first-order valence-electron chi connectivity index (χ1n) is 7.25. The number of likely N-dealkylation sites (tertiary alicyclic amines) is 1. The highest BCUT2D eigenvalue weighted by molar-refractivity contribution is 5.94. The van der Waals surface area contributed by atoms with Crippen molar-refractivity contribution in [2.24, 2.45) is 5.92 Å². The molecular formula is C15H17N3O4. The van der Waals surface area contributed by atoms with E-state index >= 15 is 0 Å². The van der Waals surface area contributed by atoms with Gasteiger partial charge in [-0.15, -0.1) is 0 Å². The van der Waals surface area contributed by atoms with Crippen molar-refractivity contribution in [3.63, 3.8) is 0 Å². The maximum absolute atomic E-state index is 12.4. The molecule has 2 aliphatic heterocycles. The predicted octanol–water partition coefficient (Wildman–Crippen LogP) is 0.277. The van der Waals surface area contributed by atoms with Gasteiger partial charge in [0.1, 0.15) is 0 Å². The van der Waals surface area contributed by atoms with E-state index in [-0.39, 0.29) is 18.2 Å². The highest BCUT2D eigenvalue weighted by Crippen LogP contribution is 2.37. The normalized spacial score (nSPS) is 23.4. The number of rotatable bonds is 2. The van der Waals surface area contributed by atoms with Crippen LogP contribution in [-0.2, 0) is 9.59 Å². The molecule has 2 amide bonds. The molecule has 0 saturated carbocycles. The molecule has 1 aromatic rings. The van der Waals surface area contributed by atoms with E-state index in [4.69, 9.17) is 0 Å². The Morgan fingerprint density at radius 2 is 1.91 bits per heavy atom.